The third-order valence-corrected chi connectivity index (χ3v) is 2.53. The summed E-state index contributed by atoms with van der Waals surface area (Å²) in [6.07, 6.45) is 1.44. The number of hydrogen-bond donors (Lipinski definition) is 2. The summed E-state index contributed by atoms with van der Waals surface area (Å²) in [7, 11) is 0. The molecule has 90 valence electrons. The van der Waals surface area contributed by atoms with Crippen molar-refractivity contribution in [1.29, 1.82) is 0 Å². The molecular formula is C11H7F2N5. The fourth-order valence-electron chi connectivity index (χ4n) is 1.74. The molecule has 2 heterocycles. The van der Waals surface area contributed by atoms with Crippen molar-refractivity contribution in [2.45, 2.75) is 0 Å². The quantitative estimate of drug-likeness (QED) is 0.688. The van der Waals surface area contributed by atoms with Crippen LogP contribution in [0.1, 0.15) is 0 Å². The van der Waals surface area contributed by atoms with E-state index in [0.717, 1.165) is 6.07 Å². The van der Waals surface area contributed by atoms with Gasteiger partial charge < -0.3 is 5.73 Å². The number of nitrogens with zero attached hydrogens (tertiary/aromatic N) is 3. The maximum atomic E-state index is 13.7. The van der Waals surface area contributed by atoms with Gasteiger partial charge in [0.05, 0.1) is 17.3 Å². The fraction of sp³-hybridized carbons (Fsp3) is 0. The Hall–Kier alpha value is -2.57. The van der Waals surface area contributed by atoms with Crippen molar-refractivity contribution >= 4 is 17.0 Å². The van der Waals surface area contributed by atoms with Crippen LogP contribution in [0.5, 0.6) is 0 Å². The number of aromatic nitrogens is 4. The van der Waals surface area contributed by atoms with Crippen molar-refractivity contribution in [3.05, 3.63) is 36.0 Å². The summed E-state index contributed by atoms with van der Waals surface area (Å²) < 4.78 is 27.0. The highest BCUT2D eigenvalue weighted by atomic mass is 19.2. The molecule has 1 aromatic carbocycles. The second-order valence-electron chi connectivity index (χ2n) is 3.66. The number of benzene rings is 1. The Morgan fingerprint density at radius 3 is 2.83 bits per heavy atom. The van der Waals surface area contributed by atoms with Gasteiger partial charge in [-0.2, -0.15) is 10.1 Å². The lowest BCUT2D eigenvalue weighted by Gasteiger charge is -2.05. The fourth-order valence-corrected chi connectivity index (χ4v) is 1.74. The molecule has 0 atom stereocenters. The third-order valence-electron chi connectivity index (χ3n) is 2.53. The maximum absolute atomic E-state index is 13.7. The highest BCUT2D eigenvalue weighted by Crippen LogP contribution is 2.28. The first-order valence-electron chi connectivity index (χ1n) is 5.08. The van der Waals surface area contributed by atoms with E-state index in [2.05, 4.69) is 20.2 Å². The van der Waals surface area contributed by atoms with Crippen molar-refractivity contribution in [3.8, 4) is 11.3 Å². The van der Waals surface area contributed by atoms with Gasteiger partial charge in [-0.1, -0.05) is 6.07 Å². The number of nitrogen functional groups attached to an aromatic ring is 1. The zero-order valence-electron chi connectivity index (χ0n) is 8.98. The molecule has 0 saturated heterocycles. The minimum Gasteiger partial charge on any atom is -0.368 e. The SMILES string of the molecule is Nc1nc(-c2cccc(F)c2F)c2cn[nH]c2n1. The van der Waals surface area contributed by atoms with Crippen LogP contribution in [0.25, 0.3) is 22.3 Å². The van der Waals surface area contributed by atoms with Crippen LogP contribution >= 0.6 is 0 Å². The molecular weight excluding hydrogens is 240 g/mol. The number of rotatable bonds is 1. The molecule has 2 aromatic heterocycles. The summed E-state index contributed by atoms with van der Waals surface area (Å²) in [5, 5.41) is 6.87. The molecule has 3 rings (SSSR count). The Balaban J connectivity index is 2.37. The molecule has 3 aromatic rings. The molecule has 0 amide bonds. The lowest BCUT2D eigenvalue weighted by atomic mass is 10.1. The molecule has 0 radical (unpaired) electrons. The molecule has 0 spiro atoms. The molecule has 0 fully saturated rings. The summed E-state index contributed by atoms with van der Waals surface area (Å²) in [5.41, 5.74) is 6.13. The van der Waals surface area contributed by atoms with E-state index in [0.29, 0.717) is 11.0 Å². The lowest BCUT2D eigenvalue weighted by molar-refractivity contribution is 0.511. The molecule has 3 N–H and O–H groups in total. The van der Waals surface area contributed by atoms with Gasteiger partial charge in [-0.15, -0.1) is 0 Å². The van der Waals surface area contributed by atoms with Gasteiger partial charge in [0.2, 0.25) is 5.95 Å². The second kappa shape index (κ2) is 3.73. The Morgan fingerprint density at radius 2 is 2.00 bits per heavy atom. The van der Waals surface area contributed by atoms with Crippen molar-refractivity contribution < 1.29 is 8.78 Å². The Kier molecular flexibility index (Phi) is 2.19. The zero-order valence-corrected chi connectivity index (χ0v) is 8.98. The van der Waals surface area contributed by atoms with Crippen LogP contribution in [-0.2, 0) is 0 Å². The van der Waals surface area contributed by atoms with Gasteiger partial charge in [0.1, 0.15) is 0 Å². The first-order chi connectivity index (χ1) is 8.66. The summed E-state index contributed by atoms with van der Waals surface area (Å²) in [6, 6.07) is 3.86. The number of aromatic amines is 1. The van der Waals surface area contributed by atoms with Crippen LogP contribution in [0.15, 0.2) is 24.4 Å². The van der Waals surface area contributed by atoms with E-state index < -0.39 is 11.6 Å². The monoisotopic (exact) mass is 247 g/mol. The average Bonchev–Trinajstić information content (AvgIpc) is 2.79. The van der Waals surface area contributed by atoms with Crippen LogP contribution in [0, 0.1) is 11.6 Å². The van der Waals surface area contributed by atoms with E-state index in [1.807, 2.05) is 0 Å². The molecule has 0 aliphatic rings. The Bertz CT molecular complexity index is 737. The smallest absolute Gasteiger partial charge is 0.222 e. The summed E-state index contributed by atoms with van der Waals surface area (Å²) in [6.45, 7) is 0. The first kappa shape index (κ1) is 10.6. The average molecular weight is 247 g/mol. The molecule has 18 heavy (non-hydrogen) atoms. The Morgan fingerprint density at radius 1 is 1.17 bits per heavy atom. The molecule has 0 bridgehead atoms. The van der Waals surface area contributed by atoms with Crippen molar-refractivity contribution in [2.24, 2.45) is 0 Å². The molecule has 7 heteroatoms. The minimum absolute atomic E-state index is 0.0236. The minimum atomic E-state index is -0.974. The predicted octanol–water partition coefficient (Wildman–Crippen LogP) is 1.88. The van der Waals surface area contributed by atoms with Crippen molar-refractivity contribution in [2.75, 3.05) is 5.73 Å². The summed E-state index contributed by atoms with van der Waals surface area (Å²) >= 11 is 0. The predicted molar refractivity (Wildman–Crippen MR) is 61.4 cm³/mol. The van der Waals surface area contributed by atoms with E-state index >= 15 is 0 Å². The normalized spacial score (nSPS) is 11.0. The van der Waals surface area contributed by atoms with Gasteiger partial charge in [0, 0.05) is 5.56 Å². The van der Waals surface area contributed by atoms with Crippen LogP contribution in [0.4, 0.5) is 14.7 Å². The molecule has 0 aliphatic heterocycles. The molecule has 5 nitrogen and oxygen atoms in total. The molecule has 0 unspecified atom stereocenters. The summed E-state index contributed by atoms with van der Waals surface area (Å²) in [4.78, 5) is 7.85. The van der Waals surface area contributed by atoms with E-state index in [9.17, 15) is 8.78 Å². The number of nitrogens with one attached hydrogen (secondary N) is 1. The number of nitrogens with two attached hydrogens (primary N) is 1. The van der Waals surface area contributed by atoms with Crippen LogP contribution < -0.4 is 5.73 Å². The maximum Gasteiger partial charge on any atom is 0.222 e. The number of H-pyrrole nitrogens is 1. The third kappa shape index (κ3) is 1.48. The first-order valence-corrected chi connectivity index (χ1v) is 5.08. The van der Waals surface area contributed by atoms with Gasteiger partial charge >= 0.3 is 0 Å². The largest absolute Gasteiger partial charge is 0.368 e. The highest BCUT2D eigenvalue weighted by molar-refractivity contribution is 5.90. The molecule has 0 saturated carbocycles. The van der Waals surface area contributed by atoms with Gasteiger partial charge in [-0.25, -0.2) is 13.8 Å². The zero-order chi connectivity index (χ0) is 12.7. The van der Waals surface area contributed by atoms with Crippen LogP contribution in [-0.4, -0.2) is 20.2 Å². The van der Waals surface area contributed by atoms with Gasteiger partial charge in [-0.05, 0) is 12.1 Å². The van der Waals surface area contributed by atoms with E-state index in [1.54, 1.807) is 0 Å². The van der Waals surface area contributed by atoms with Gasteiger partial charge in [0.25, 0.3) is 0 Å². The van der Waals surface area contributed by atoms with Gasteiger partial charge in [-0.3, -0.25) is 5.10 Å². The van der Waals surface area contributed by atoms with Crippen LogP contribution in [0.3, 0.4) is 0 Å². The van der Waals surface area contributed by atoms with Gasteiger partial charge in [0.15, 0.2) is 17.3 Å². The second-order valence-corrected chi connectivity index (χ2v) is 3.66. The topological polar surface area (TPSA) is 80.5 Å². The Labute approximate surface area is 99.7 Å². The molecule has 0 aliphatic carbocycles. The number of halogens is 2. The lowest BCUT2D eigenvalue weighted by Crippen LogP contribution is -1.99. The van der Waals surface area contributed by atoms with E-state index in [4.69, 9.17) is 5.73 Å². The van der Waals surface area contributed by atoms with Crippen molar-refractivity contribution in [3.63, 3.8) is 0 Å². The highest BCUT2D eigenvalue weighted by Gasteiger charge is 2.16. The number of hydrogen-bond acceptors (Lipinski definition) is 4. The number of fused-ring (bicyclic) bond motifs is 1. The number of anilines is 1. The van der Waals surface area contributed by atoms with E-state index in [1.165, 1.54) is 18.3 Å². The standard InChI is InChI=1S/C11H7F2N5/c12-7-3-1-2-5(8(7)13)9-6-4-15-18-10(6)17-11(14)16-9/h1-4H,(H3,14,15,16,17,18). The van der Waals surface area contributed by atoms with Crippen molar-refractivity contribution in [1.82, 2.24) is 20.2 Å². The summed E-state index contributed by atoms with van der Waals surface area (Å²) in [5.74, 6) is -1.95. The van der Waals surface area contributed by atoms with Crippen LogP contribution in [0.2, 0.25) is 0 Å². The van der Waals surface area contributed by atoms with E-state index in [-0.39, 0.29) is 17.2 Å².